The van der Waals surface area contributed by atoms with Gasteiger partial charge in [-0.3, -0.25) is 14.4 Å². The zero-order valence-corrected chi connectivity index (χ0v) is 24.1. The van der Waals surface area contributed by atoms with Crippen LogP contribution < -0.4 is 15.1 Å². The second-order valence-electron chi connectivity index (χ2n) is 11.9. The highest BCUT2D eigenvalue weighted by molar-refractivity contribution is 5.99. The molecule has 42 heavy (non-hydrogen) atoms. The number of amides is 2. The molecule has 0 saturated carbocycles. The first kappa shape index (κ1) is 29.0. The number of phenolic OH excluding ortho intramolecular Hbond substituents is 1. The number of hydrogen-bond acceptors (Lipinski definition) is 7. The summed E-state index contributed by atoms with van der Waals surface area (Å²) in [5.74, 6) is -0.0572. The monoisotopic (exact) mass is 572 g/mol. The molecule has 2 amide bonds. The van der Waals surface area contributed by atoms with Crippen molar-refractivity contribution in [2.75, 3.05) is 19.7 Å². The maximum atomic E-state index is 13.3. The standard InChI is InChI=1S/C33H36N2O7/c1-32(2,3)41-29(37)14-10-22-9-13-28-26(19-22)33(21-40-28)15-17-35(18-16-33)31(39)23-11-12-25(27(36)20-23)30(38)34-42-24-7-5-4-6-8-24/h4-9,11-13,19-20,36H,10,14-18,21H2,1-3H3,(H,34,38). The van der Waals surface area contributed by atoms with Crippen LogP contribution in [0.3, 0.4) is 0 Å². The number of hydrogen-bond donors (Lipinski definition) is 2. The molecule has 3 aromatic rings. The van der Waals surface area contributed by atoms with Gasteiger partial charge in [0.25, 0.3) is 11.8 Å². The maximum Gasteiger partial charge on any atom is 0.306 e. The minimum Gasteiger partial charge on any atom is -0.507 e. The summed E-state index contributed by atoms with van der Waals surface area (Å²) in [6.45, 7) is 7.18. The fraction of sp³-hybridized carbons (Fsp3) is 0.364. The first-order valence-corrected chi connectivity index (χ1v) is 14.2. The summed E-state index contributed by atoms with van der Waals surface area (Å²) in [5.41, 5.74) is 4.08. The van der Waals surface area contributed by atoms with Crippen molar-refractivity contribution in [1.29, 1.82) is 0 Å². The van der Waals surface area contributed by atoms with E-state index in [1.54, 1.807) is 29.2 Å². The molecule has 2 aliphatic heterocycles. The van der Waals surface area contributed by atoms with Crippen LogP contribution in [0.4, 0.5) is 0 Å². The summed E-state index contributed by atoms with van der Waals surface area (Å²) in [7, 11) is 0. The smallest absolute Gasteiger partial charge is 0.306 e. The Morgan fingerprint density at radius 1 is 1.00 bits per heavy atom. The van der Waals surface area contributed by atoms with Crippen LogP contribution in [0.1, 0.15) is 71.9 Å². The number of carbonyl (C=O) groups is 3. The van der Waals surface area contributed by atoms with E-state index in [1.807, 2.05) is 39.0 Å². The van der Waals surface area contributed by atoms with Crippen molar-refractivity contribution in [3.63, 3.8) is 0 Å². The summed E-state index contributed by atoms with van der Waals surface area (Å²) < 4.78 is 11.5. The van der Waals surface area contributed by atoms with E-state index in [4.69, 9.17) is 14.3 Å². The summed E-state index contributed by atoms with van der Waals surface area (Å²) >= 11 is 0. The number of ether oxygens (including phenoxy) is 2. The zero-order chi connectivity index (χ0) is 29.9. The zero-order valence-electron chi connectivity index (χ0n) is 24.1. The number of aromatic hydroxyl groups is 1. The molecule has 0 aliphatic carbocycles. The minimum atomic E-state index is -0.624. The number of hydroxylamine groups is 1. The third-order valence-electron chi connectivity index (χ3n) is 7.66. The molecule has 0 bridgehead atoms. The highest BCUT2D eigenvalue weighted by Gasteiger charge is 2.44. The highest BCUT2D eigenvalue weighted by Crippen LogP contribution is 2.46. The largest absolute Gasteiger partial charge is 0.507 e. The predicted octanol–water partition coefficient (Wildman–Crippen LogP) is 4.96. The molecule has 0 radical (unpaired) electrons. The van der Waals surface area contributed by atoms with Gasteiger partial charge in [-0.2, -0.15) is 5.48 Å². The third kappa shape index (κ3) is 6.51. The second kappa shape index (κ2) is 11.8. The molecule has 1 fully saturated rings. The van der Waals surface area contributed by atoms with Crippen molar-refractivity contribution < 1.29 is 33.8 Å². The molecule has 3 aromatic carbocycles. The van der Waals surface area contributed by atoms with E-state index < -0.39 is 11.5 Å². The minimum absolute atomic E-state index is 0.00209. The number of esters is 1. The van der Waals surface area contributed by atoms with Gasteiger partial charge in [-0.15, -0.1) is 0 Å². The Morgan fingerprint density at radius 2 is 1.74 bits per heavy atom. The number of nitrogens with zero attached hydrogens (tertiary/aromatic N) is 1. The summed E-state index contributed by atoms with van der Waals surface area (Å²) in [4.78, 5) is 45.0. The van der Waals surface area contributed by atoms with Crippen LogP contribution >= 0.6 is 0 Å². The number of carbonyl (C=O) groups excluding carboxylic acids is 3. The molecule has 2 aliphatic rings. The molecular formula is C33H36N2O7. The van der Waals surface area contributed by atoms with Crippen molar-refractivity contribution in [1.82, 2.24) is 10.4 Å². The molecule has 0 unspecified atom stereocenters. The number of piperidine rings is 1. The summed E-state index contributed by atoms with van der Waals surface area (Å²) in [5, 5.41) is 10.5. The number of fused-ring (bicyclic) bond motifs is 2. The van der Waals surface area contributed by atoms with E-state index in [9.17, 15) is 19.5 Å². The lowest BCUT2D eigenvalue weighted by molar-refractivity contribution is -0.154. The van der Waals surface area contributed by atoms with Crippen LogP contribution in [-0.2, 0) is 21.4 Å². The third-order valence-corrected chi connectivity index (χ3v) is 7.66. The van der Waals surface area contributed by atoms with Gasteiger partial charge >= 0.3 is 5.97 Å². The molecule has 9 nitrogen and oxygen atoms in total. The lowest BCUT2D eigenvalue weighted by atomic mass is 9.74. The Balaban J connectivity index is 1.19. The average Bonchev–Trinajstić information content (AvgIpc) is 3.31. The molecule has 1 spiro atoms. The Bertz CT molecular complexity index is 1470. The van der Waals surface area contributed by atoms with Crippen LogP contribution in [0.5, 0.6) is 17.2 Å². The number of para-hydroxylation sites is 1. The summed E-state index contributed by atoms with van der Waals surface area (Å²) in [6.07, 6.45) is 2.34. The normalized spacial score (nSPS) is 15.5. The lowest BCUT2D eigenvalue weighted by Gasteiger charge is -2.38. The molecule has 0 atom stereocenters. The molecular weight excluding hydrogens is 536 g/mol. The number of phenols is 1. The van der Waals surface area contributed by atoms with E-state index in [-0.39, 0.29) is 28.6 Å². The van der Waals surface area contributed by atoms with Gasteiger partial charge in [0.1, 0.15) is 17.1 Å². The van der Waals surface area contributed by atoms with Gasteiger partial charge in [-0.25, -0.2) is 0 Å². The van der Waals surface area contributed by atoms with Gasteiger partial charge in [0.15, 0.2) is 5.75 Å². The van der Waals surface area contributed by atoms with E-state index >= 15 is 0 Å². The number of likely N-dealkylation sites (tertiary alicyclic amines) is 1. The van der Waals surface area contributed by atoms with Crippen LogP contribution in [-0.4, -0.2) is 53.1 Å². The van der Waals surface area contributed by atoms with E-state index in [2.05, 4.69) is 11.5 Å². The first-order chi connectivity index (χ1) is 20.0. The van der Waals surface area contributed by atoms with Crippen LogP contribution in [0.25, 0.3) is 0 Å². The van der Waals surface area contributed by atoms with Gasteiger partial charge in [-0.1, -0.05) is 30.3 Å². The van der Waals surface area contributed by atoms with E-state index in [0.717, 1.165) is 29.7 Å². The average molecular weight is 573 g/mol. The SMILES string of the molecule is CC(C)(C)OC(=O)CCc1ccc2c(c1)C1(CCN(C(=O)c3ccc(C(=O)NOc4ccccc4)c(O)c3)CC1)CO2. The quantitative estimate of drug-likeness (QED) is 0.304. The fourth-order valence-corrected chi connectivity index (χ4v) is 5.45. The molecule has 0 aromatic heterocycles. The Labute approximate surface area is 245 Å². The number of nitrogens with one attached hydrogen (secondary N) is 1. The molecule has 2 heterocycles. The van der Waals surface area contributed by atoms with Crippen molar-refractivity contribution in [3.05, 3.63) is 89.0 Å². The molecule has 1 saturated heterocycles. The van der Waals surface area contributed by atoms with Crippen molar-refractivity contribution in [3.8, 4) is 17.2 Å². The number of rotatable bonds is 7. The van der Waals surface area contributed by atoms with Crippen LogP contribution in [0, 0.1) is 0 Å². The molecule has 220 valence electrons. The van der Waals surface area contributed by atoms with E-state index in [0.29, 0.717) is 43.9 Å². The molecule has 5 rings (SSSR count). The lowest BCUT2D eigenvalue weighted by Crippen LogP contribution is -2.46. The molecule has 2 N–H and O–H groups in total. The van der Waals surface area contributed by atoms with Gasteiger partial charge < -0.3 is 24.3 Å². The van der Waals surface area contributed by atoms with Gasteiger partial charge in [-0.05, 0) is 82.0 Å². The second-order valence-corrected chi connectivity index (χ2v) is 11.9. The fourth-order valence-electron chi connectivity index (χ4n) is 5.45. The highest BCUT2D eigenvalue weighted by atomic mass is 16.7. The van der Waals surface area contributed by atoms with Crippen LogP contribution in [0.15, 0.2) is 66.7 Å². The maximum absolute atomic E-state index is 13.3. The Kier molecular flexibility index (Phi) is 8.11. The number of aryl methyl sites for hydroxylation is 1. The van der Waals surface area contributed by atoms with Crippen molar-refractivity contribution in [2.45, 2.75) is 57.5 Å². The van der Waals surface area contributed by atoms with Gasteiger partial charge in [0.2, 0.25) is 0 Å². The first-order valence-electron chi connectivity index (χ1n) is 14.2. The van der Waals surface area contributed by atoms with Gasteiger partial charge in [0.05, 0.1) is 12.2 Å². The van der Waals surface area contributed by atoms with Crippen molar-refractivity contribution in [2.24, 2.45) is 0 Å². The van der Waals surface area contributed by atoms with Crippen molar-refractivity contribution >= 4 is 17.8 Å². The van der Waals surface area contributed by atoms with Crippen LogP contribution in [0.2, 0.25) is 0 Å². The number of benzene rings is 3. The van der Waals surface area contributed by atoms with Gasteiger partial charge in [0, 0.05) is 36.1 Å². The Hall–Kier alpha value is -4.53. The van der Waals surface area contributed by atoms with E-state index in [1.165, 1.54) is 18.2 Å². The predicted molar refractivity (Wildman–Crippen MR) is 156 cm³/mol. The topological polar surface area (TPSA) is 114 Å². The Morgan fingerprint density at radius 3 is 2.43 bits per heavy atom. The summed E-state index contributed by atoms with van der Waals surface area (Å²) in [6, 6.07) is 19.1. The molecule has 9 heteroatoms.